The number of aromatic nitrogens is 1. The quantitative estimate of drug-likeness (QED) is 0.103. The highest BCUT2D eigenvalue weighted by Crippen LogP contribution is 2.27. The van der Waals surface area contributed by atoms with Gasteiger partial charge in [-0.25, -0.2) is 14.4 Å². The number of ether oxygens (including phenoxy) is 7. The number of nitrogens with zero attached hydrogens (tertiary/aromatic N) is 2. The van der Waals surface area contributed by atoms with Gasteiger partial charge in [0.05, 0.1) is 51.7 Å². The van der Waals surface area contributed by atoms with Gasteiger partial charge in [-0.2, -0.15) is 0 Å². The van der Waals surface area contributed by atoms with E-state index in [2.05, 4.69) is 0 Å². The predicted octanol–water partition coefficient (Wildman–Crippen LogP) is -0.327. The highest BCUT2D eigenvalue weighted by atomic mass is 16.6. The van der Waals surface area contributed by atoms with Gasteiger partial charge in [0, 0.05) is 23.2 Å². The lowest BCUT2D eigenvalue weighted by atomic mass is 10.1. The number of benzene rings is 1. The topological polar surface area (TPSA) is 219 Å². The van der Waals surface area contributed by atoms with Crippen LogP contribution >= 0.6 is 0 Å². The Morgan fingerprint density at radius 1 is 0.783 bits per heavy atom. The molecule has 2 heterocycles. The molecule has 1 amide bonds. The highest BCUT2D eigenvalue weighted by Gasteiger charge is 2.23. The van der Waals surface area contributed by atoms with Crippen molar-refractivity contribution >= 4 is 40.7 Å². The summed E-state index contributed by atoms with van der Waals surface area (Å²) in [5.74, 6) is -3.47. The van der Waals surface area contributed by atoms with Gasteiger partial charge in [-0.1, -0.05) is 0 Å². The number of esters is 2. The number of carbonyl (C=O) groups is 5. The molecule has 0 saturated heterocycles. The summed E-state index contributed by atoms with van der Waals surface area (Å²) in [6.45, 7) is -0.662. The largest absolute Gasteiger partial charge is 0.492 e. The molecule has 1 aliphatic heterocycles. The molecule has 3 N–H and O–H groups in total. The van der Waals surface area contributed by atoms with Gasteiger partial charge in [0.25, 0.3) is 0 Å². The van der Waals surface area contributed by atoms with Crippen LogP contribution in [0.2, 0.25) is 0 Å². The van der Waals surface area contributed by atoms with Crippen molar-refractivity contribution < 1.29 is 72.5 Å². The van der Waals surface area contributed by atoms with Gasteiger partial charge in [-0.05, 0) is 24.3 Å². The molecule has 0 saturated carbocycles. The first-order valence-corrected chi connectivity index (χ1v) is 14.2. The van der Waals surface area contributed by atoms with E-state index in [0.717, 1.165) is 0 Å². The molecule has 1 aromatic heterocycles. The SMILES string of the molecule is O=C(O)COCCOCCOC(=O)Cn1cc(C(=O)OCCOCCOCC(=O)O)c2cc(OCCN3C(=O)C=CC3O)ccc21. The second-order valence-electron chi connectivity index (χ2n) is 9.48. The number of aliphatic hydroxyl groups is 1. The Morgan fingerprint density at radius 3 is 2.00 bits per heavy atom. The van der Waals surface area contributed by atoms with Crippen molar-refractivity contribution in [3.05, 3.63) is 42.1 Å². The van der Waals surface area contributed by atoms with Crippen LogP contribution in [0.3, 0.4) is 0 Å². The summed E-state index contributed by atoms with van der Waals surface area (Å²) in [5, 5.41) is 27.4. The van der Waals surface area contributed by atoms with Crippen molar-refractivity contribution in [2.75, 3.05) is 79.2 Å². The fourth-order valence-corrected chi connectivity index (χ4v) is 4.09. The molecule has 0 bridgehead atoms. The maximum absolute atomic E-state index is 13.0. The Bertz CT molecular complexity index is 1370. The number of aliphatic hydroxyl groups excluding tert-OH is 1. The summed E-state index contributed by atoms with van der Waals surface area (Å²) in [7, 11) is 0. The van der Waals surface area contributed by atoms with Crippen molar-refractivity contribution in [3.63, 3.8) is 0 Å². The van der Waals surface area contributed by atoms with Gasteiger partial charge in [-0.15, -0.1) is 0 Å². The maximum atomic E-state index is 13.0. The van der Waals surface area contributed by atoms with E-state index in [4.69, 9.17) is 43.4 Å². The molecule has 1 aromatic carbocycles. The van der Waals surface area contributed by atoms with E-state index in [1.807, 2.05) is 0 Å². The summed E-state index contributed by atoms with van der Waals surface area (Å²) in [5.41, 5.74) is 0.640. The first kappa shape index (κ1) is 35.9. The van der Waals surface area contributed by atoms with Crippen LogP contribution in [0, 0.1) is 0 Å². The fraction of sp³-hybridized carbons (Fsp3) is 0.483. The number of carboxylic acids is 2. The zero-order valence-corrected chi connectivity index (χ0v) is 24.9. The second kappa shape index (κ2) is 19.1. The summed E-state index contributed by atoms with van der Waals surface area (Å²) >= 11 is 0. The van der Waals surface area contributed by atoms with Crippen molar-refractivity contribution in [1.29, 1.82) is 0 Å². The number of amides is 1. The van der Waals surface area contributed by atoms with E-state index in [0.29, 0.717) is 16.7 Å². The minimum absolute atomic E-state index is 0.0329. The van der Waals surface area contributed by atoms with Crippen LogP contribution in [0.4, 0.5) is 0 Å². The Kier molecular flexibility index (Phi) is 14.9. The number of fused-ring (bicyclic) bond motifs is 1. The number of aliphatic carboxylic acids is 2. The van der Waals surface area contributed by atoms with Crippen molar-refractivity contribution in [3.8, 4) is 5.75 Å². The van der Waals surface area contributed by atoms with Gasteiger partial charge >= 0.3 is 23.9 Å². The number of carbonyl (C=O) groups excluding carboxylic acids is 3. The molecule has 46 heavy (non-hydrogen) atoms. The molecule has 2 aromatic rings. The lowest BCUT2D eigenvalue weighted by molar-refractivity contribution is -0.147. The lowest BCUT2D eigenvalue weighted by Crippen LogP contribution is -2.36. The van der Waals surface area contributed by atoms with Crippen LogP contribution in [0.15, 0.2) is 36.5 Å². The average molecular weight is 653 g/mol. The molecule has 0 fully saturated rings. The molecule has 3 rings (SSSR count). The molecule has 17 nitrogen and oxygen atoms in total. The van der Waals surface area contributed by atoms with E-state index in [1.54, 1.807) is 18.2 Å². The van der Waals surface area contributed by atoms with E-state index in [-0.39, 0.29) is 84.0 Å². The summed E-state index contributed by atoms with van der Waals surface area (Å²) in [4.78, 5) is 59.5. The van der Waals surface area contributed by atoms with Crippen molar-refractivity contribution in [2.45, 2.75) is 12.8 Å². The van der Waals surface area contributed by atoms with Gasteiger partial charge in [-0.3, -0.25) is 9.59 Å². The van der Waals surface area contributed by atoms with Crippen molar-refractivity contribution in [1.82, 2.24) is 9.47 Å². The van der Waals surface area contributed by atoms with E-state index >= 15 is 0 Å². The molecule has 0 radical (unpaired) electrons. The zero-order valence-electron chi connectivity index (χ0n) is 24.9. The molecular weight excluding hydrogens is 616 g/mol. The molecule has 252 valence electrons. The van der Waals surface area contributed by atoms with E-state index in [9.17, 15) is 29.1 Å². The third-order valence-corrected chi connectivity index (χ3v) is 6.13. The number of rotatable bonds is 23. The lowest BCUT2D eigenvalue weighted by Gasteiger charge is -2.20. The van der Waals surface area contributed by atoms with Crippen LogP contribution in [-0.4, -0.2) is 140 Å². The van der Waals surface area contributed by atoms with Crippen LogP contribution < -0.4 is 4.74 Å². The van der Waals surface area contributed by atoms with Crippen LogP contribution in [0.5, 0.6) is 5.75 Å². The minimum Gasteiger partial charge on any atom is -0.492 e. The molecular formula is C29H36N2O15. The standard InChI is InChI=1S/C29H36N2O15/c32-24-3-4-25(33)31(24)5-6-44-20-1-2-23-21(15-20)22(29(39)46-14-12-41-8-10-43-19-27(36)37)16-30(23)17-28(38)45-13-11-40-7-9-42-18-26(34)35/h1-4,15-16,24,32H,5-14,17-19H2,(H,34,35)(H,36,37). The minimum atomic E-state index is -1.10. The van der Waals surface area contributed by atoms with Gasteiger partial charge in [0.15, 0.2) is 0 Å². The predicted molar refractivity (Wildman–Crippen MR) is 154 cm³/mol. The van der Waals surface area contributed by atoms with Gasteiger partial charge < -0.3 is 57.9 Å². The molecule has 1 unspecified atom stereocenters. The third kappa shape index (κ3) is 12.1. The smallest absolute Gasteiger partial charge is 0.340 e. The normalized spacial score (nSPS) is 14.2. The molecule has 0 aliphatic carbocycles. The Hall–Kier alpha value is -4.55. The Morgan fingerprint density at radius 2 is 1.39 bits per heavy atom. The molecule has 1 aliphatic rings. The Labute approximate surface area is 262 Å². The van der Waals surface area contributed by atoms with Crippen LogP contribution in [0.1, 0.15) is 10.4 Å². The monoisotopic (exact) mass is 652 g/mol. The number of hydrogen-bond donors (Lipinski definition) is 3. The first-order chi connectivity index (χ1) is 22.2. The first-order valence-electron chi connectivity index (χ1n) is 14.2. The van der Waals surface area contributed by atoms with E-state index in [1.165, 1.54) is 27.8 Å². The molecule has 0 spiro atoms. The number of carboxylic acid groups (broad SMARTS) is 2. The van der Waals surface area contributed by atoms with E-state index < -0.39 is 43.3 Å². The average Bonchev–Trinajstić information content (AvgIpc) is 3.53. The summed E-state index contributed by atoms with van der Waals surface area (Å²) < 4.78 is 38.0. The fourth-order valence-electron chi connectivity index (χ4n) is 4.09. The van der Waals surface area contributed by atoms with Crippen LogP contribution in [-0.2, 0) is 54.1 Å². The third-order valence-electron chi connectivity index (χ3n) is 6.13. The zero-order chi connectivity index (χ0) is 33.3. The number of hydrogen-bond acceptors (Lipinski definition) is 13. The second-order valence-corrected chi connectivity index (χ2v) is 9.48. The molecule has 1 atom stereocenters. The molecule has 17 heteroatoms. The summed E-state index contributed by atoms with van der Waals surface area (Å²) in [6.07, 6.45) is 3.05. The van der Waals surface area contributed by atoms with Gasteiger partial charge in [0.1, 0.15) is 51.6 Å². The van der Waals surface area contributed by atoms with Gasteiger partial charge in [0.2, 0.25) is 5.91 Å². The maximum Gasteiger partial charge on any atom is 0.340 e. The highest BCUT2D eigenvalue weighted by molar-refractivity contribution is 6.05. The summed E-state index contributed by atoms with van der Waals surface area (Å²) in [6, 6.07) is 4.86. The van der Waals surface area contributed by atoms with Crippen LogP contribution in [0.25, 0.3) is 10.9 Å². The Balaban J connectivity index is 1.57. The van der Waals surface area contributed by atoms with Crippen molar-refractivity contribution in [2.24, 2.45) is 0 Å².